The fraction of sp³-hybridized carbons (Fsp3) is 0.425. The van der Waals surface area contributed by atoms with E-state index in [1.165, 1.54) is 50.9 Å². The van der Waals surface area contributed by atoms with Crippen molar-refractivity contribution in [1.82, 2.24) is 57.7 Å². The van der Waals surface area contributed by atoms with Crippen LogP contribution in [0.2, 0.25) is 14.4 Å². The molecule has 3 saturated heterocycles. The number of carboxylic acid groups (broad SMARTS) is 1. The molecule has 0 radical (unpaired) electrons. The highest BCUT2D eigenvalue weighted by atomic mass is 35.5. The SMILES string of the molecule is CN[C@H](CC(C)C)C(=O)N[C@H]1C(=O)N[C@@H](CC(N)=O)C(=O)N[C@H]2C(=O)N[C@H]3C(=O)N[C@H](C(=O)N[C@H](C(=O)NCCCON=C(C(=O)N[C@@H]4C(=O)N5C(C(=O)O)=C(C[n+]6ccccc6)CS[C@H]45)c4nc(N)sc4Cl)c4cc(O)cc(O)c4C4=CC3C=CC4O)[C@H](O)c3ccc(c(Cl)c3)Oc3cc2cc(c3O[C@@H]2OC(CO)C(O)C(O)C2O[C@@H]2CC(C)(N)C(O)[C@H](C)O2)Oc2ccc(cc2Cl)[C@H]1O. The van der Waals surface area contributed by atoms with Crippen LogP contribution in [-0.4, -0.2) is 267 Å². The van der Waals surface area contributed by atoms with Crippen LogP contribution in [0.5, 0.6) is 40.2 Å². The summed E-state index contributed by atoms with van der Waals surface area (Å²) in [5.41, 5.74) is 13.9. The number of oxime groups is 1. The summed E-state index contributed by atoms with van der Waals surface area (Å²) >= 11 is 22.9. The Morgan fingerprint density at radius 2 is 1.46 bits per heavy atom. The standard InChI is InChI=1S/C87H97Cl3N16O28S2/c1-33(2)20-45(94-5)74(117)100-62-66(112)36-11-14-49(43(88)22-36)130-51-24-38-25-52(70(51)134-85-71(69(115)68(114)53(31-107)132-85)133-55-29-87(4,93)72(116)34(3)129-55)131-50-15-12-37(23-44(50)89)67(113)63-81(124)99-59(42-26-40(108)27-48(110)56(42)41-21-35(10-13-47(41)109)57(77(120)101-63)98-78(121)58(38)97-75(118)46(28-54(91)111)96-80(62)123)76(119)95-16-9-19-128-104-61(60-73(90)136-86(92)103-60)79(122)102-64-82(125)106-65(84(126)127)39(32-135-83(64)106)30-105-17-7-6-8-18-105/h6-8,10-15,17-18,21-27,33-35,45-47,53,55,57-59,62-64,66-69,71-72,83,85,94,107,109,112-116H,9,16,19-20,28-32,93H2,1-5H3,(H14-,91,92,95,96,97,98,99,100,101,102,103,108,110,111,117,118,119,120,121,122,123,124,126,127)/p+1/t34-,35?,45+,46-,47?,53?,55+,57+,58+,59-,62+,63-,64+,66+,67+,68?,69?,71?,72?,83+,85-,87?/m0/s1. The summed E-state index contributed by atoms with van der Waals surface area (Å²) in [5, 5.41) is 142. The Bertz CT molecular complexity index is 5820. The molecule has 1 aliphatic carbocycles. The minimum absolute atomic E-state index is 0.108. The molecule has 726 valence electrons. The van der Waals surface area contributed by atoms with Gasteiger partial charge in [0.2, 0.25) is 59.3 Å². The average molecular weight is 1990 g/mol. The van der Waals surface area contributed by atoms with Crippen molar-refractivity contribution in [3.8, 4) is 40.2 Å². The number of aliphatic hydroxyl groups excluding tert-OH is 7. The molecule has 10 amide bonds. The lowest BCUT2D eigenvalue weighted by Crippen LogP contribution is -2.71. The molecular formula is C87H98Cl3N16O28S2+. The van der Waals surface area contributed by atoms with Crippen LogP contribution in [0.3, 0.4) is 0 Å². The minimum atomic E-state index is -2.39. The number of anilines is 1. The summed E-state index contributed by atoms with van der Waals surface area (Å²) in [6, 6.07) is 0.244. The topological polar surface area (TPSA) is 673 Å². The van der Waals surface area contributed by atoms with Gasteiger partial charge in [-0.05, 0) is 104 Å². The number of aliphatic carboxylic acids is 1. The van der Waals surface area contributed by atoms with Crippen molar-refractivity contribution in [2.45, 2.75) is 187 Å². The highest BCUT2D eigenvalue weighted by Crippen LogP contribution is 2.50. The predicted octanol–water partition coefficient (Wildman–Crippen LogP) is -0.748. The van der Waals surface area contributed by atoms with Crippen LogP contribution in [0.25, 0.3) is 5.57 Å². The number of primary amides is 1. The van der Waals surface area contributed by atoms with Crippen molar-refractivity contribution < 1.29 is 142 Å². The Kier molecular flexibility index (Phi) is 30.8. The third-order valence-electron chi connectivity index (χ3n) is 23.7. The molecule has 44 nitrogen and oxygen atoms in total. The lowest BCUT2D eigenvalue weighted by atomic mass is 9.82. The zero-order chi connectivity index (χ0) is 98.1. The molecule has 11 heterocycles. The smallest absolute Gasteiger partial charge is 0.352 e. The number of carboxylic acids is 1. The predicted molar refractivity (Wildman–Crippen MR) is 480 cm³/mol. The Hall–Kier alpha value is -11.9. The summed E-state index contributed by atoms with van der Waals surface area (Å²) in [6.45, 7) is 4.87. The highest BCUT2D eigenvalue weighted by Gasteiger charge is 2.56. The van der Waals surface area contributed by atoms with E-state index >= 15 is 28.8 Å². The van der Waals surface area contributed by atoms with Gasteiger partial charge < -0.3 is 149 Å². The number of nitrogens with zero attached hydrogens (tertiary/aromatic N) is 4. The van der Waals surface area contributed by atoms with Crippen molar-refractivity contribution in [3.63, 3.8) is 0 Å². The Morgan fingerprint density at radius 3 is 2.08 bits per heavy atom. The zero-order valence-electron chi connectivity index (χ0n) is 72.7. The van der Waals surface area contributed by atoms with Gasteiger partial charge in [-0.15, -0.1) is 11.8 Å². The van der Waals surface area contributed by atoms with E-state index in [2.05, 4.69) is 58.0 Å². The number of thiazole rings is 1. The number of likely N-dealkylation sites (N-methyl/N-ethyl adjacent to an activating group) is 1. The minimum Gasteiger partial charge on any atom is -0.508 e. The number of ether oxygens (including phenoxy) is 6. The number of carbonyl (C=O) groups excluding carboxylic acids is 10. The lowest BCUT2D eigenvalue weighted by Gasteiger charge is -2.49. The third-order valence-corrected chi connectivity index (χ3v) is 26.7. The first-order valence-electron chi connectivity index (χ1n) is 42.6. The van der Waals surface area contributed by atoms with Crippen LogP contribution in [0.1, 0.15) is 111 Å². The number of nitrogen functional groups attached to an aromatic ring is 1. The van der Waals surface area contributed by atoms with Gasteiger partial charge in [-0.3, -0.25) is 52.8 Å². The maximum absolute atomic E-state index is 16.4. The fourth-order valence-electron chi connectivity index (χ4n) is 16.8. The second-order valence-corrected chi connectivity index (χ2v) is 37.5. The maximum atomic E-state index is 16.4. The molecule has 0 spiro atoms. The van der Waals surface area contributed by atoms with Gasteiger partial charge in [0.25, 0.3) is 11.8 Å². The third kappa shape index (κ3) is 21.6. The van der Waals surface area contributed by atoms with E-state index in [0.717, 1.165) is 76.9 Å². The van der Waals surface area contributed by atoms with Crippen LogP contribution in [0.4, 0.5) is 5.13 Å². The number of aromatic nitrogens is 2. The van der Waals surface area contributed by atoms with E-state index in [1.54, 1.807) is 35.2 Å². The van der Waals surface area contributed by atoms with Gasteiger partial charge in [0, 0.05) is 65.9 Å². The molecule has 10 aliphatic rings. The van der Waals surface area contributed by atoms with Crippen molar-refractivity contribution in [2.75, 3.05) is 38.3 Å². The number of hydrogen-bond donors (Lipinski definition) is 22. The molecule has 4 aromatic carbocycles. The maximum Gasteiger partial charge on any atom is 0.352 e. The van der Waals surface area contributed by atoms with Gasteiger partial charge in [0.1, 0.15) is 124 Å². The number of β-lactam (4-membered cyclic amide) rings is 1. The highest BCUT2D eigenvalue weighted by molar-refractivity contribution is 8.00. The number of pyridine rings is 1. The number of phenolic OH excluding ortho intramolecular Hbond substituents is 2. The van der Waals surface area contributed by atoms with E-state index in [9.17, 15) is 75.0 Å². The fourth-order valence-corrected chi connectivity index (χ4v) is 19.5. The first kappa shape index (κ1) is 100. The molecule has 9 aliphatic heterocycles. The lowest BCUT2D eigenvalue weighted by molar-refractivity contribution is -0.689. The van der Waals surface area contributed by atoms with E-state index in [-0.39, 0.29) is 85.8 Å². The number of carbonyl (C=O) groups is 11. The molecule has 11 bridgehead atoms. The van der Waals surface area contributed by atoms with E-state index in [4.69, 9.17) is 85.3 Å². The number of amides is 10. The number of nitrogens with one attached hydrogen (secondary N) is 9. The molecule has 16 rings (SSSR count). The first-order chi connectivity index (χ1) is 64.6. The first-order valence-corrected chi connectivity index (χ1v) is 45.6. The van der Waals surface area contributed by atoms with E-state index in [1.807, 2.05) is 13.8 Å². The number of thioether (sulfide) groups is 1. The molecule has 25 N–H and O–H groups in total. The molecule has 22 atom stereocenters. The molecule has 0 saturated carbocycles. The number of aliphatic hydroxyl groups is 7. The van der Waals surface area contributed by atoms with Crippen molar-refractivity contribution >= 4 is 139 Å². The second kappa shape index (κ2) is 41.9. The monoisotopic (exact) mass is 1980 g/mol. The molecule has 2 aromatic heterocycles. The zero-order valence-corrected chi connectivity index (χ0v) is 76.7. The van der Waals surface area contributed by atoms with Crippen LogP contribution in [0.15, 0.2) is 126 Å². The number of phenols is 2. The number of nitrogens with two attached hydrogens (primary N) is 3. The summed E-state index contributed by atoms with van der Waals surface area (Å²) in [6.07, 6.45) is -14.2. The van der Waals surface area contributed by atoms with Gasteiger partial charge in [-0.2, -0.15) is 0 Å². The van der Waals surface area contributed by atoms with Crippen molar-refractivity contribution in [2.24, 2.45) is 28.5 Å². The number of hydrogen-bond acceptors (Lipinski definition) is 34. The number of fused-ring (bicyclic) bond motifs is 15. The Balaban J connectivity index is 0.844. The number of aromatic hydroxyl groups is 2. The van der Waals surface area contributed by atoms with Crippen LogP contribution in [-0.2, 0) is 78.3 Å². The quantitative estimate of drug-likeness (QED) is 0.00885. The van der Waals surface area contributed by atoms with Gasteiger partial charge in [0.15, 0.2) is 53.7 Å². The van der Waals surface area contributed by atoms with Gasteiger partial charge in [-0.1, -0.05) is 102 Å². The largest absolute Gasteiger partial charge is 0.508 e. The van der Waals surface area contributed by atoms with E-state index < -0.39 is 286 Å². The normalized spacial score (nSPS) is 28.7. The number of halogens is 3. The molecule has 8 unspecified atom stereocenters. The van der Waals surface area contributed by atoms with Gasteiger partial charge >= 0.3 is 5.97 Å². The summed E-state index contributed by atoms with van der Waals surface area (Å²) in [4.78, 5) is 173. The van der Waals surface area contributed by atoms with Crippen LogP contribution in [0, 0.1) is 11.8 Å². The molecule has 3 fully saturated rings. The van der Waals surface area contributed by atoms with Crippen LogP contribution < -0.4 is 83.8 Å². The second-order valence-electron chi connectivity index (χ2n) is 33.9. The van der Waals surface area contributed by atoms with Gasteiger partial charge in [0.05, 0.1) is 47.4 Å². The van der Waals surface area contributed by atoms with Crippen LogP contribution >= 0.6 is 57.9 Å². The molecule has 6 aromatic rings. The summed E-state index contributed by atoms with van der Waals surface area (Å²) < 4.78 is 40.4. The Labute approximate surface area is 796 Å². The van der Waals surface area contributed by atoms with Crippen molar-refractivity contribution in [3.05, 3.63) is 169 Å². The number of rotatable bonds is 24. The molecule has 136 heavy (non-hydrogen) atoms. The average Bonchev–Trinajstić information content (AvgIpc) is 0.767. The van der Waals surface area contributed by atoms with Crippen molar-refractivity contribution in [1.29, 1.82) is 0 Å². The summed E-state index contributed by atoms with van der Waals surface area (Å²) in [7, 11) is 1.46. The summed E-state index contributed by atoms with van der Waals surface area (Å²) in [5.74, 6) is -19.5. The Morgan fingerprint density at radius 1 is 0.787 bits per heavy atom. The number of benzene rings is 4. The molecule has 49 heteroatoms. The van der Waals surface area contributed by atoms with Gasteiger partial charge in [-0.25, -0.2) is 14.3 Å². The molecular weight excluding hydrogens is 1890 g/mol. The van der Waals surface area contributed by atoms with E-state index in [0.29, 0.717) is 5.57 Å².